The van der Waals surface area contributed by atoms with Crippen LogP contribution in [0.4, 0.5) is 5.13 Å². The zero-order valence-corrected chi connectivity index (χ0v) is 11.4. The minimum Gasteiger partial charge on any atom is -0.381 e. The maximum Gasteiger partial charge on any atom is 0.185 e. The lowest BCUT2D eigenvalue weighted by Gasteiger charge is -2.30. The molecule has 0 saturated carbocycles. The van der Waals surface area contributed by atoms with Crippen molar-refractivity contribution >= 4 is 16.5 Å². The lowest BCUT2D eigenvalue weighted by Crippen LogP contribution is -2.36. The van der Waals surface area contributed by atoms with E-state index in [1.165, 1.54) is 4.88 Å². The Morgan fingerprint density at radius 3 is 2.71 bits per heavy atom. The van der Waals surface area contributed by atoms with Crippen LogP contribution in [0.1, 0.15) is 30.3 Å². The molecule has 5 heteroatoms. The molecule has 0 aromatic carbocycles. The number of hydrogen-bond acceptors (Lipinski definition) is 5. The van der Waals surface area contributed by atoms with Gasteiger partial charge < -0.3 is 15.4 Å². The molecule has 0 amide bonds. The van der Waals surface area contributed by atoms with Crippen molar-refractivity contribution in [1.82, 2.24) is 4.98 Å². The van der Waals surface area contributed by atoms with Gasteiger partial charge >= 0.3 is 0 Å². The summed E-state index contributed by atoms with van der Waals surface area (Å²) in [5.74, 6) is 0. The average molecular weight is 255 g/mol. The van der Waals surface area contributed by atoms with Crippen LogP contribution >= 0.6 is 11.3 Å². The van der Waals surface area contributed by atoms with Crippen LogP contribution < -0.4 is 10.6 Å². The van der Waals surface area contributed by atoms with Gasteiger partial charge in [0.15, 0.2) is 5.13 Å². The highest BCUT2D eigenvalue weighted by Gasteiger charge is 2.21. The fourth-order valence-corrected chi connectivity index (χ4v) is 3.25. The predicted molar refractivity (Wildman–Crippen MR) is 71.6 cm³/mol. The second-order valence-corrected chi connectivity index (χ2v) is 5.44. The summed E-state index contributed by atoms with van der Waals surface area (Å²) in [5, 5.41) is 1.11. The summed E-state index contributed by atoms with van der Waals surface area (Å²) >= 11 is 1.73. The van der Waals surface area contributed by atoms with Crippen LogP contribution in [0, 0.1) is 0 Å². The number of anilines is 1. The van der Waals surface area contributed by atoms with Crippen molar-refractivity contribution in [2.24, 2.45) is 5.73 Å². The quantitative estimate of drug-likeness (QED) is 0.891. The summed E-state index contributed by atoms with van der Waals surface area (Å²) in [6, 6.07) is 0.560. The van der Waals surface area contributed by atoms with Gasteiger partial charge in [0.2, 0.25) is 0 Å². The molecule has 0 unspecified atom stereocenters. The molecule has 2 heterocycles. The van der Waals surface area contributed by atoms with Gasteiger partial charge in [-0.1, -0.05) is 6.92 Å². The first kappa shape index (κ1) is 12.8. The molecule has 1 saturated heterocycles. The predicted octanol–water partition coefficient (Wildman–Crippen LogP) is 1.78. The Hall–Kier alpha value is -0.650. The molecule has 0 aliphatic carbocycles. The smallest absolute Gasteiger partial charge is 0.185 e. The number of aromatic nitrogens is 1. The Morgan fingerprint density at radius 2 is 2.18 bits per heavy atom. The Bertz CT molecular complexity index is 339. The highest BCUT2D eigenvalue weighted by Crippen LogP contribution is 2.29. The number of rotatable bonds is 4. The Morgan fingerprint density at radius 1 is 1.47 bits per heavy atom. The largest absolute Gasteiger partial charge is 0.381 e. The Balaban J connectivity index is 2.12. The van der Waals surface area contributed by atoms with Gasteiger partial charge in [-0.2, -0.15) is 0 Å². The van der Waals surface area contributed by atoms with Crippen LogP contribution in [-0.4, -0.2) is 31.3 Å². The SMILES string of the molecule is CCc1nc(N(C)C2CCOCC2)sc1CN. The van der Waals surface area contributed by atoms with Crippen LogP contribution in [0.15, 0.2) is 0 Å². The van der Waals surface area contributed by atoms with E-state index >= 15 is 0 Å². The van der Waals surface area contributed by atoms with Crippen molar-refractivity contribution in [1.29, 1.82) is 0 Å². The van der Waals surface area contributed by atoms with Crippen molar-refractivity contribution in [2.75, 3.05) is 25.2 Å². The summed E-state index contributed by atoms with van der Waals surface area (Å²) in [7, 11) is 2.13. The standard InChI is InChI=1S/C12H21N3OS/c1-3-10-11(8-13)17-12(14-10)15(2)9-4-6-16-7-5-9/h9H,3-8,13H2,1-2H3. The fourth-order valence-electron chi connectivity index (χ4n) is 2.18. The molecule has 0 radical (unpaired) electrons. The molecule has 17 heavy (non-hydrogen) atoms. The number of thiazole rings is 1. The van der Waals surface area contributed by atoms with Crippen molar-refractivity contribution in [3.63, 3.8) is 0 Å². The average Bonchev–Trinajstić information content (AvgIpc) is 2.82. The van der Waals surface area contributed by atoms with E-state index < -0.39 is 0 Å². The van der Waals surface area contributed by atoms with E-state index in [9.17, 15) is 0 Å². The van der Waals surface area contributed by atoms with E-state index in [2.05, 4.69) is 18.9 Å². The first-order valence-corrected chi connectivity index (χ1v) is 7.07. The minimum atomic E-state index is 0.560. The van der Waals surface area contributed by atoms with Crippen molar-refractivity contribution in [2.45, 2.75) is 38.8 Å². The fraction of sp³-hybridized carbons (Fsp3) is 0.750. The minimum absolute atomic E-state index is 0.560. The second kappa shape index (κ2) is 5.80. The second-order valence-electron chi connectivity index (χ2n) is 4.38. The molecule has 4 nitrogen and oxygen atoms in total. The number of hydrogen-bond donors (Lipinski definition) is 1. The monoisotopic (exact) mass is 255 g/mol. The molecule has 0 atom stereocenters. The number of nitrogens with two attached hydrogens (primary N) is 1. The summed E-state index contributed by atoms with van der Waals surface area (Å²) in [4.78, 5) is 8.22. The molecule has 1 aromatic heterocycles. The van der Waals surface area contributed by atoms with Crippen molar-refractivity contribution in [3.05, 3.63) is 10.6 Å². The topological polar surface area (TPSA) is 51.4 Å². The molecular weight excluding hydrogens is 234 g/mol. The van der Waals surface area contributed by atoms with Gasteiger partial charge in [0.1, 0.15) is 0 Å². The number of aryl methyl sites for hydroxylation is 1. The van der Waals surface area contributed by atoms with Gasteiger partial charge in [0, 0.05) is 37.7 Å². The highest BCUT2D eigenvalue weighted by atomic mass is 32.1. The van der Waals surface area contributed by atoms with Crippen LogP contribution in [0.3, 0.4) is 0 Å². The maximum atomic E-state index is 5.75. The Labute approximate surface area is 107 Å². The van der Waals surface area contributed by atoms with Crippen molar-refractivity contribution < 1.29 is 4.74 Å². The van der Waals surface area contributed by atoms with Gasteiger partial charge in [0.05, 0.1) is 5.69 Å². The first-order valence-electron chi connectivity index (χ1n) is 6.25. The van der Waals surface area contributed by atoms with Crippen LogP contribution in [0.25, 0.3) is 0 Å². The summed E-state index contributed by atoms with van der Waals surface area (Å²) < 4.78 is 5.39. The third-order valence-corrected chi connectivity index (χ3v) is 4.54. The van der Waals surface area contributed by atoms with Gasteiger partial charge in [-0.25, -0.2) is 4.98 Å². The molecule has 0 bridgehead atoms. The van der Waals surface area contributed by atoms with Gasteiger partial charge in [-0.3, -0.25) is 0 Å². The summed E-state index contributed by atoms with van der Waals surface area (Å²) in [6.07, 6.45) is 3.15. The number of nitrogens with zero attached hydrogens (tertiary/aromatic N) is 2. The van der Waals surface area contributed by atoms with E-state index in [1.807, 2.05) is 0 Å². The third-order valence-electron chi connectivity index (χ3n) is 3.33. The maximum absolute atomic E-state index is 5.75. The molecule has 96 valence electrons. The zero-order valence-electron chi connectivity index (χ0n) is 10.6. The lowest BCUT2D eigenvalue weighted by atomic mass is 10.1. The summed E-state index contributed by atoms with van der Waals surface area (Å²) in [5.41, 5.74) is 6.91. The van der Waals surface area contributed by atoms with Crippen LogP contribution in [0.5, 0.6) is 0 Å². The highest BCUT2D eigenvalue weighted by molar-refractivity contribution is 7.15. The van der Waals surface area contributed by atoms with E-state index in [0.29, 0.717) is 12.6 Å². The molecule has 1 aromatic rings. The molecular formula is C12H21N3OS. The number of ether oxygens (including phenoxy) is 1. The molecule has 0 spiro atoms. The van der Waals surface area contributed by atoms with E-state index in [-0.39, 0.29) is 0 Å². The molecule has 1 aliphatic rings. The summed E-state index contributed by atoms with van der Waals surface area (Å²) in [6.45, 7) is 4.46. The van der Waals surface area contributed by atoms with Gasteiger partial charge in [-0.05, 0) is 19.3 Å². The molecule has 2 N–H and O–H groups in total. The van der Waals surface area contributed by atoms with Gasteiger partial charge in [0.25, 0.3) is 0 Å². The molecule has 1 fully saturated rings. The van der Waals surface area contributed by atoms with E-state index in [4.69, 9.17) is 15.5 Å². The van der Waals surface area contributed by atoms with E-state index in [1.54, 1.807) is 11.3 Å². The lowest BCUT2D eigenvalue weighted by molar-refractivity contribution is 0.0855. The molecule has 1 aliphatic heterocycles. The zero-order chi connectivity index (χ0) is 12.3. The Kier molecular flexibility index (Phi) is 4.36. The van der Waals surface area contributed by atoms with Gasteiger partial charge in [-0.15, -0.1) is 11.3 Å². The first-order chi connectivity index (χ1) is 8.26. The van der Waals surface area contributed by atoms with E-state index in [0.717, 1.165) is 43.3 Å². The third kappa shape index (κ3) is 2.78. The molecule has 2 rings (SSSR count). The normalized spacial score (nSPS) is 17.4. The van der Waals surface area contributed by atoms with Crippen LogP contribution in [-0.2, 0) is 17.7 Å². The van der Waals surface area contributed by atoms with Crippen molar-refractivity contribution in [3.8, 4) is 0 Å². The van der Waals surface area contributed by atoms with Crippen LogP contribution in [0.2, 0.25) is 0 Å².